The summed E-state index contributed by atoms with van der Waals surface area (Å²) in [6, 6.07) is 1.36. The van der Waals surface area contributed by atoms with E-state index < -0.39 is 24.6 Å². The van der Waals surface area contributed by atoms with Crippen molar-refractivity contribution in [3.8, 4) is 0 Å². The number of aliphatic carboxylic acids is 1. The standard InChI is InChI=1S/C10H13N3O4/c1-13(7-3-2-4-11-5-7)10(17)12-8(6-14)9(15)16/h2-5,8,14H,6H2,1H3,(H,12,17)(H,15,16)/t8-/m1/s1. The van der Waals surface area contributed by atoms with Crippen LogP contribution >= 0.6 is 0 Å². The van der Waals surface area contributed by atoms with Crippen molar-refractivity contribution < 1.29 is 19.8 Å². The summed E-state index contributed by atoms with van der Waals surface area (Å²) in [6.07, 6.45) is 3.03. The Kier molecular flexibility index (Phi) is 4.41. The lowest BCUT2D eigenvalue weighted by atomic mass is 10.3. The number of anilines is 1. The predicted octanol–water partition coefficient (Wildman–Crippen LogP) is -0.327. The van der Waals surface area contributed by atoms with Gasteiger partial charge in [0.25, 0.3) is 0 Å². The fourth-order valence-corrected chi connectivity index (χ4v) is 1.10. The van der Waals surface area contributed by atoms with E-state index in [1.807, 2.05) is 0 Å². The van der Waals surface area contributed by atoms with E-state index in [-0.39, 0.29) is 0 Å². The molecule has 1 heterocycles. The molecule has 0 saturated carbocycles. The van der Waals surface area contributed by atoms with Gasteiger partial charge in [-0.05, 0) is 12.1 Å². The van der Waals surface area contributed by atoms with Gasteiger partial charge in [0.1, 0.15) is 0 Å². The smallest absolute Gasteiger partial charge is 0.328 e. The number of pyridine rings is 1. The number of nitrogens with zero attached hydrogens (tertiary/aromatic N) is 2. The second-order valence-corrected chi connectivity index (χ2v) is 3.29. The molecule has 2 amide bonds. The van der Waals surface area contributed by atoms with Crippen LogP contribution in [0.5, 0.6) is 0 Å². The maximum Gasteiger partial charge on any atom is 0.328 e. The van der Waals surface area contributed by atoms with Crippen LogP contribution in [0.25, 0.3) is 0 Å². The molecular formula is C10H13N3O4. The number of hydrogen-bond donors (Lipinski definition) is 3. The molecule has 1 rings (SSSR count). The number of rotatable bonds is 4. The molecule has 3 N–H and O–H groups in total. The first-order valence-electron chi connectivity index (χ1n) is 4.84. The summed E-state index contributed by atoms with van der Waals surface area (Å²) in [4.78, 5) is 27.3. The van der Waals surface area contributed by atoms with Gasteiger partial charge in [-0.1, -0.05) is 0 Å². The molecule has 0 fully saturated rings. The highest BCUT2D eigenvalue weighted by molar-refractivity contribution is 5.93. The Balaban J connectivity index is 2.68. The number of carboxylic acid groups (broad SMARTS) is 1. The van der Waals surface area contributed by atoms with E-state index in [1.165, 1.54) is 18.1 Å². The van der Waals surface area contributed by atoms with Crippen LogP contribution in [0, 0.1) is 0 Å². The maximum absolute atomic E-state index is 11.6. The molecule has 1 aromatic rings. The van der Waals surface area contributed by atoms with Gasteiger partial charge in [-0.15, -0.1) is 0 Å². The maximum atomic E-state index is 11.6. The summed E-state index contributed by atoms with van der Waals surface area (Å²) in [6.45, 7) is -0.665. The highest BCUT2D eigenvalue weighted by Gasteiger charge is 2.21. The summed E-state index contributed by atoms with van der Waals surface area (Å²) < 4.78 is 0. The van der Waals surface area contributed by atoms with E-state index in [4.69, 9.17) is 10.2 Å². The van der Waals surface area contributed by atoms with Crippen LogP contribution in [-0.4, -0.2) is 46.9 Å². The van der Waals surface area contributed by atoms with Crippen molar-refractivity contribution in [2.24, 2.45) is 0 Å². The molecule has 17 heavy (non-hydrogen) atoms. The number of carbonyl (C=O) groups is 2. The van der Waals surface area contributed by atoms with E-state index >= 15 is 0 Å². The van der Waals surface area contributed by atoms with Gasteiger partial charge in [0.15, 0.2) is 6.04 Å². The summed E-state index contributed by atoms with van der Waals surface area (Å²) in [5.74, 6) is -1.29. The molecule has 0 radical (unpaired) electrons. The largest absolute Gasteiger partial charge is 0.480 e. The van der Waals surface area contributed by atoms with E-state index in [9.17, 15) is 9.59 Å². The van der Waals surface area contributed by atoms with Crippen molar-refractivity contribution in [3.63, 3.8) is 0 Å². The number of carbonyl (C=O) groups excluding carboxylic acids is 1. The van der Waals surface area contributed by atoms with Gasteiger partial charge in [-0.2, -0.15) is 0 Å². The zero-order valence-corrected chi connectivity index (χ0v) is 9.20. The molecule has 0 aromatic carbocycles. The molecule has 1 atom stereocenters. The molecule has 92 valence electrons. The van der Waals surface area contributed by atoms with Crippen molar-refractivity contribution in [3.05, 3.63) is 24.5 Å². The summed E-state index contributed by atoms with van der Waals surface area (Å²) >= 11 is 0. The lowest BCUT2D eigenvalue weighted by Gasteiger charge is -2.20. The molecule has 0 saturated heterocycles. The summed E-state index contributed by atoms with van der Waals surface area (Å²) in [5.41, 5.74) is 0.520. The Labute approximate surface area is 97.7 Å². The third kappa shape index (κ3) is 3.42. The van der Waals surface area contributed by atoms with Crippen LogP contribution in [0.3, 0.4) is 0 Å². The molecule has 7 heteroatoms. The Morgan fingerprint density at radius 1 is 1.59 bits per heavy atom. The Morgan fingerprint density at radius 3 is 2.76 bits per heavy atom. The lowest BCUT2D eigenvalue weighted by molar-refractivity contribution is -0.140. The summed E-state index contributed by atoms with van der Waals surface area (Å²) in [5, 5.41) is 19.6. The monoisotopic (exact) mass is 239 g/mol. The minimum Gasteiger partial charge on any atom is -0.480 e. The van der Waals surface area contributed by atoms with Crippen LogP contribution in [0.15, 0.2) is 24.5 Å². The molecule has 0 aliphatic heterocycles. The first-order chi connectivity index (χ1) is 8.06. The molecule has 0 unspecified atom stereocenters. The first-order valence-corrected chi connectivity index (χ1v) is 4.84. The van der Waals surface area contributed by atoms with Gasteiger partial charge in [0.05, 0.1) is 18.5 Å². The zero-order valence-electron chi connectivity index (χ0n) is 9.20. The van der Waals surface area contributed by atoms with Crippen LogP contribution in [-0.2, 0) is 4.79 Å². The average molecular weight is 239 g/mol. The Hall–Kier alpha value is -2.15. The number of urea groups is 1. The van der Waals surface area contributed by atoms with Crippen LogP contribution in [0.4, 0.5) is 10.5 Å². The molecular weight excluding hydrogens is 226 g/mol. The molecule has 0 spiro atoms. The van der Waals surface area contributed by atoms with Gasteiger partial charge >= 0.3 is 12.0 Å². The highest BCUT2D eigenvalue weighted by atomic mass is 16.4. The molecule has 1 aromatic heterocycles. The summed E-state index contributed by atoms with van der Waals surface area (Å²) in [7, 11) is 1.47. The number of aliphatic hydroxyl groups is 1. The van der Waals surface area contributed by atoms with Gasteiger partial charge < -0.3 is 15.5 Å². The second-order valence-electron chi connectivity index (χ2n) is 3.29. The number of amides is 2. The topological polar surface area (TPSA) is 103 Å². The second kappa shape index (κ2) is 5.80. The first kappa shape index (κ1) is 12.9. The number of aromatic nitrogens is 1. The van der Waals surface area contributed by atoms with Gasteiger partial charge in [-0.3, -0.25) is 9.88 Å². The van der Waals surface area contributed by atoms with Crippen molar-refractivity contribution in [2.75, 3.05) is 18.6 Å². The predicted molar refractivity (Wildman–Crippen MR) is 59.7 cm³/mol. The number of hydrogen-bond acceptors (Lipinski definition) is 4. The van der Waals surface area contributed by atoms with E-state index in [1.54, 1.807) is 18.3 Å². The van der Waals surface area contributed by atoms with Gasteiger partial charge in [-0.25, -0.2) is 9.59 Å². The van der Waals surface area contributed by atoms with E-state index in [2.05, 4.69) is 10.3 Å². The van der Waals surface area contributed by atoms with Gasteiger partial charge in [0, 0.05) is 13.2 Å². The minimum atomic E-state index is -1.32. The molecule has 0 bridgehead atoms. The van der Waals surface area contributed by atoms with Crippen LogP contribution in [0.1, 0.15) is 0 Å². The highest BCUT2D eigenvalue weighted by Crippen LogP contribution is 2.09. The molecule has 7 nitrogen and oxygen atoms in total. The Bertz CT molecular complexity index is 396. The number of carboxylic acids is 1. The number of nitrogens with one attached hydrogen (secondary N) is 1. The average Bonchev–Trinajstić information content (AvgIpc) is 2.35. The quantitative estimate of drug-likeness (QED) is 0.667. The van der Waals surface area contributed by atoms with Gasteiger partial charge in [0.2, 0.25) is 0 Å². The van der Waals surface area contributed by atoms with E-state index in [0.29, 0.717) is 5.69 Å². The molecule has 0 aliphatic rings. The zero-order chi connectivity index (χ0) is 12.8. The van der Waals surface area contributed by atoms with Crippen molar-refractivity contribution in [1.29, 1.82) is 0 Å². The Morgan fingerprint density at radius 2 is 2.29 bits per heavy atom. The fourth-order valence-electron chi connectivity index (χ4n) is 1.10. The normalized spacial score (nSPS) is 11.6. The van der Waals surface area contributed by atoms with Crippen LogP contribution < -0.4 is 10.2 Å². The minimum absolute atomic E-state index is 0.520. The molecule has 0 aliphatic carbocycles. The van der Waals surface area contributed by atoms with E-state index in [0.717, 1.165) is 0 Å². The fraction of sp³-hybridized carbons (Fsp3) is 0.300. The SMILES string of the molecule is CN(C(=O)N[C@H](CO)C(=O)O)c1cccnc1. The number of aliphatic hydroxyl groups excluding tert-OH is 1. The van der Waals surface area contributed by atoms with Crippen LogP contribution in [0.2, 0.25) is 0 Å². The third-order valence-corrected chi connectivity index (χ3v) is 2.12. The lowest BCUT2D eigenvalue weighted by Crippen LogP contribution is -2.48. The van der Waals surface area contributed by atoms with Crippen molar-refractivity contribution in [1.82, 2.24) is 10.3 Å². The third-order valence-electron chi connectivity index (χ3n) is 2.12. The van der Waals surface area contributed by atoms with Crippen molar-refractivity contribution in [2.45, 2.75) is 6.04 Å². The van der Waals surface area contributed by atoms with Crippen molar-refractivity contribution >= 4 is 17.7 Å².